The lowest BCUT2D eigenvalue weighted by Gasteiger charge is -2.25. The first-order valence-corrected chi connectivity index (χ1v) is 9.51. The first-order valence-electron chi connectivity index (χ1n) is 7.69. The average Bonchev–Trinajstić information content (AvgIpc) is 2.77. The van der Waals surface area contributed by atoms with Crippen LogP contribution in [0.3, 0.4) is 0 Å². The van der Waals surface area contributed by atoms with Crippen LogP contribution in [-0.2, 0) is 16.0 Å². The largest absolute Gasteiger partial charge is 0.416 e. The SMILES string of the molecule is CC(C)[C@@H](NC[C@@H]1CCS(=O)(=O)C1)c1cccc(C(F)(F)F)c1. The van der Waals surface area contributed by atoms with Crippen LogP contribution < -0.4 is 5.32 Å². The van der Waals surface area contributed by atoms with E-state index in [2.05, 4.69) is 5.32 Å². The molecule has 0 unspecified atom stereocenters. The standard InChI is InChI=1S/C16H22F3NO2S/c1-11(2)15(20-9-12-6-7-23(21,22)10-12)13-4-3-5-14(8-13)16(17,18)19/h3-5,8,11-12,15,20H,6-7,9-10H2,1-2H3/t12-,15+/m0/s1. The summed E-state index contributed by atoms with van der Waals surface area (Å²) < 4.78 is 61.6. The lowest BCUT2D eigenvalue weighted by molar-refractivity contribution is -0.137. The van der Waals surface area contributed by atoms with Crippen LogP contribution in [0.2, 0.25) is 0 Å². The Balaban J connectivity index is 2.10. The lowest BCUT2D eigenvalue weighted by Crippen LogP contribution is -2.31. The molecule has 0 bridgehead atoms. The maximum absolute atomic E-state index is 12.9. The molecule has 0 aliphatic carbocycles. The smallest absolute Gasteiger partial charge is 0.309 e. The summed E-state index contributed by atoms with van der Waals surface area (Å²) in [5.41, 5.74) is -0.0819. The molecule has 1 saturated heterocycles. The fourth-order valence-electron chi connectivity index (χ4n) is 2.97. The van der Waals surface area contributed by atoms with Crippen molar-refractivity contribution in [2.24, 2.45) is 11.8 Å². The van der Waals surface area contributed by atoms with Crippen molar-refractivity contribution in [1.82, 2.24) is 5.32 Å². The van der Waals surface area contributed by atoms with Crippen LogP contribution in [-0.4, -0.2) is 26.5 Å². The highest BCUT2D eigenvalue weighted by Gasteiger charge is 2.32. The summed E-state index contributed by atoms with van der Waals surface area (Å²) in [6, 6.07) is 5.08. The molecule has 1 heterocycles. The Morgan fingerprint density at radius 3 is 2.52 bits per heavy atom. The Morgan fingerprint density at radius 1 is 1.30 bits per heavy atom. The van der Waals surface area contributed by atoms with E-state index in [0.29, 0.717) is 18.5 Å². The number of hydrogen-bond acceptors (Lipinski definition) is 3. The number of rotatable bonds is 5. The summed E-state index contributed by atoms with van der Waals surface area (Å²) >= 11 is 0. The van der Waals surface area contributed by atoms with Crippen molar-refractivity contribution >= 4 is 9.84 Å². The second-order valence-electron chi connectivity index (χ2n) is 6.52. The van der Waals surface area contributed by atoms with E-state index in [-0.39, 0.29) is 29.4 Å². The molecule has 23 heavy (non-hydrogen) atoms. The third-order valence-electron chi connectivity index (χ3n) is 4.19. The third-order valence-corrected chi connectivity index (χ3v) is 6.03. The minimum Gasteiger partial charge on any atom is -0.309 e. The summed E-state index contributed by atoms with van der Waals surface area (Å²) in [5.74, 6) is 0.492. The van der Waals surface area contributed by atoms with E-state index >= 15 is 0 Å². The van der Waals surface area contributed by atoms with Crippen LogP contribution in [0, 0.1) is 11.8 Å². The van der Waals surface area contributed by atoms with Gasteiger partial charge in [-0.3, -0.25) is 0 Å². The molecule has 2 rings (SSSR count). The highest BCUT2D eigenvalue weighted by Crippen LogP contribution is 2.32. The molecule has 0 radical (unpaired) electrons. The van der Waals surface area contributed by atoms with Gasteiger partial charge in [-0.05, 0) is 42.5 Å². The van der Waals surface area contributed by atoms with E-state index in [0.717, 1.165) is 6.07 Å². The monoisotopic (exact) mass is 349 g/mol. The Morgan fingerprint density at radius 2 is 2.00 bits per heavy atom. The van der Waals surface area contributed by atoms with E-state index in [9.17, 15) is 21.6 Å². The lowest BCUT2D eigenvalue weighted by atomic mass is 9.94. The minimum absolute atomic E-state index is 0.0343. The van der Waals surface area contributed by atoms with Gasteiger partial charge in [-0.1, -0.05) is 26.0 Å². The molecule has 0 saturated carbocycles. The van der Waals surface area contributed by atoms with Gasteiger partial charge in [0.1, 0.15) is 0 Å². The van der Waals surface area contributed by atoms with Gasteiger partial charge in [-0.25, -0.2) is 8.42 Å². The van der Waals surface area contributed by atoms with E-state index in [1.54, 1.807) is 6.07 Å². The molecule has 0 spiro atoms. The molecular weight excluding hydrogens is 327 g/mol. The number of halogens is 3. The Labute approximate surface area is 135 Å². The van der Waals surface area contributed by atoms with E-state index in [4.69, 9.17) is 0 Å². The highest BCUT2D eigenvalue weighted by atomic mass is 32.2. The van der Waals surface area contributed by atoms with Crippen molar-refractivity contribution in [2.75, 3.05) is 18.1 Å². The number of hydrogen-bond donors (Lipinski definition) is 1. The van der Waals surface area contributed by atoms with Gasteiger partial charge in [-0.15, -0.1) is 0 Å². The van der Waals surface area contributed by atoms with Gasteiger partial charge in [-0.2, -0.15) is 13.2 Å². The van der Waals surface area contributed by atoms with E-state index < -0.39 is 21.6 Å². The molecule has 0 amide bonds. The molecule has 1 fully saturated rings. The van der Waals surface area contributed by atoms with Crippen molar-refractivity contribution in [3.05, 3.63) is 35.4 Å². The second kappa shape index (κ2) is 6.81. The maximum atomic E-state index is 12.9. The van der Waals surface area contributed by atoms with Gasteiger partial charge >= 0.3 is 6.18 Å². The molecule has 3 nitrogen and oxygen atoms in total. The van der Waals surface area contributed by atoms with Gasteiger partial charge in [0.05, 0.1) is 17.1 Å². The third kappa shape index (κ3) is 4.94. The fraction of sp³-hybridized carbons (Fsp3) is 0.625. The summed E-state index contributed by atoms with van der Waals surface area (Å²) in [7, 11) is -2.94. The molecule has 1 aromatic carbocycles. The molecule has 2 atom stereocenters. The van der Waals surface area contributed by atoms with Crippen LogP contribution in [0.4, 0.5) is 13.2 Å². The first-order chi connectivity index (χ1) is 10.6. The topological polar surface area (TPSA) is 46.2 Å². The number of nitrogens with one attached hydrogen (secondary N) is 1. The summed E-state index contributed by atoms with van der Waals surface area (Å²) in [4.78, 5) is 0. The Hall–Kier alpha value is -1.08. The van der Waals surface area contributed by atoms with E-state index in [1.165, 1.54) is 12.1 Å². The Kier molecular flexibility index (Phi) is 5.41. The molecule has 1 aliphatic heterocycles. The molecule has 1 aromatic rings. The predicted octanol–water partition coefficient (Wildman–Crippen LogP) is 3.43. The average molecular weight is 349 g/mol. The normalized spacial score (nSPS) is 22.4. The van der Waals surface area contributed by atoms with Crippen LogP contribution in [0.15, 0.2) is 24.3 Å². The first kappa shape index (κ1) is 18.3. The van der Waals surface area contributed by atoms with E-state index in [1.807, 2.05) is 13.8 Å². The van der Waals surface area contributed by atoms with Crippen LogP contribution >= 0.6 is 0 Å². The van der Waals surface area contributed by atoms with Crippen molar-refractivity contribution in [3.8, 4) is 0 Å². The summed E-state index contributed by atoms with van der Waals surface area (Å²) in [6.07, 6.45) is -3.75. The quantitative estimate of drug-likeness (QED) is 0.886. The molecular formula is C16H22F3NO2S. The zero-order valence-electron chi connectivity index (χ0n) is 13.2. The van der Waals surface area contributed by atoms with Crippen molar-refractivity contribution in [2.45, 2.75) is 32.5 Å². The molecule has 7 heteroatoms. The van der Waals surface area contributed by atoms with Gasteiger partial charge in [0.2, 0.25) is 0 Å². The predicted molar refractivity (Wildman–Crippen MR) is 83.8 cm³/mol. The summed E-state index contributed by atoms with van der Waals surface area (Å²) in [5, 5.41) is 3.26. The number of benzene rings is 1. The van der Waals surface area contributed by atoms with Gasteiger partial charge < -0.3 is 5.32 Å². The zero-order chi connectivity index (χ0) is 17.3. The summed E-state index contributed by atoms with van der Waals surface area (Å²) in [6.45, 7) is 4.37. The molecule has 130 valence electrons. The van der Waals surface area contributed by atoms with Crippen molar-refractivity contribution in [3.63, 3.8) is 0 Å². The zero-order valence-corrected chi connectivity index (χ0v) is 14.0. The Bertz CT molecular complexity index is 641. The molecule has 1 N–H and O–H groups in total. The fourth-order valence-corrected chi connectivity index (χ4v) is 4.84. The van der Waals surface area contributed by atoms with Crippen LogP contribution in [0.25, 0.3) is 0 Å². The number of alkyl halides is 3. The molecule has 0 aromatic heterocycles. The van der Waals surface area contributed by atoms with Crippen molar-refractivity contribution in [1.29, 1.82) is 0 Å². The van der Waals surface area contributed by atoms with Gasteiger partial charge in [0, 0.05) is 6.04 Å². The van der Waals surface area contributed by atoms with Crippen LogP contribution in [0.1, 0.15) is 37.4 Å². The number of sulfone groups is 1. The van der Waals surface area contributed by atoms with Gasteiger partial charge in [0.15, 0.2) is 9.84 Å². The minimum atomic E-state index is -4.36. The molecule has 1 aliphatic rings. The second-order valence-corrected chi connectivity index (χ2v) is 8.75. The van der Waals surface area contributed by atoms with Crippen LogP contribution in [0.5, 0.6) is 0 Å². The van der Waals surface area contributed by atoms with Gasteiger partial charge in [0.25, 0.3) is 0 Å². The highest BCUT2D eigenvalue weighted by molar-refractivity contribution is 7.91. The maximum Gasteiger partial charge on any atom is 0.416 e. The van der Waals surface area contributed by atoms with Crippen molar-refractivity contribution < 1.29 is 21.6 Å².